The van der Waals surface area contributed by atoms with Crippen LogP contribution in [0.25, 0.3) is 0 Å². The molecule has 0 aliphatic heterocycles. The standard InChI is InChI=1S/C9H20N2O2S2/c1-7(6-8(10)14)11(5)15(12,13)9(2,3)4/h7H,6H2,1-5H3,(H2,10,14). The molecule has 0 fully saturated rings. The summed E-state index contributed by atoms with van der Waals surface area (Å²) in [6.07, 6.45) is 0.404. The Labute approximate surface area is 97.9 Å². The maximum Gasteiger partial charge on any atom is 0.219 e. The van der Waals surface area contributed by atoms with E-state index < -0.39 is 14.8 Å². The Morgan fingerprint density at radius 2 is 1.87 bits per heavy atom. The van der Waals surface area contributed by atoms with Crippen LogP contribution in [-0.2, 0) is 10.0 Å². The van der Waals surface area contributed by atoms with Crippen molar-refractivity contribution in [2.75, 3.05) is 7.05 Å². The molecule has 0 saturated heterocycles. The Bertz CT molecular complexity index is 331. The van der Waals surface area contributed by atoms with Crippen molar-refractivity contribution < 1.29 is 8.42 Å². The van der Waals surface area contributed by atoms with Crippen LogP contribution in [0, 0.1) is 0 Å². The minimum atomic E-state index is -3.30. The van der Waals surface area contributed by atoms with Gasteiger partial charge < -0.3 is 5.73 Å². The van der Waals surface area contributed by atoms with Crippen LogP contribution in [0.4, 0.5) is 0 Å². The van der Waals surface area contributed by atoms with E-state index in [4.69, 9.17) is 18.0 Å². The van der Waals surface area contributed by atoms with Gasteiger partial charge in [0.1, 0.15) is 0 Å². The number of hydrogen-bond donors (Lipinski definition) is 1. The van der Waals surface area contributed by atoms with Crippen LogP contribution in [0.5, 0.6) is 0 Å². The fraction of sp³-hybridized carbons (Fsp3) is 0.889. The Morgan fingerprint density at radius 1 is 1.47 bits per heavy atom. The van der Waals surface area contributed by atoms with Gasteiger partial charge in [0.15, 0.2) is 0 Å². The number of nitrogens with two attached hydrogens (primary N) is 1. The summed E-state index contributed by atoms with van der Waals surface area (Å²) in [5, 5.41) is 0. The van der Waals surface area contributed by atoms with Crippen LogP contribution in [0.1, 0.15) is 34.1 Å². The highest BCUT2D eigenvalue weighted by Gasteiger charge is 2.35. The Morgan fingerprint density at radius 3 is 2.13 bits per heavy atom. The van der Waals surface area contributed by atoms with Gasteiger partial charge in [-0.05, 0) is 27.7 Å². The van der Waals surface area contributed by atoms with Gasteiger partial charge in [0.25, 0.3) is 0 Å². The maximum atomic E-state index is 12.0. The molecular weight excluding hydrogens is 232 g/mol. The van der Waals surface area contributed by atoms with Crippen molar-refractivity contribution in [3.63, 3.8) is 0 Å². The monoisotopic (exact) mass is 252 g/mol. The minimum absolute atomic E-state index is 0.202. The van der Waals surface area contributed by atoms with E-state index in [9.17, 15) is 8.42 Å². The van der Waals surface area contributed by atoms with Crippen LogP contribution in [0.15, 0.2) is 0 Å². The molecule has 15 heavy (non-hydrogen) atoms. The molecule has 4 nitrogen and oxygen atoms in total. The van der Waals surface area contributed by atoms with Crippen molar-refractivity contribution in [3.05, 3.63) is 0 Å². The third kappa shape index (κ3) is 3.70. The smallest absolute Gasteiger partial charge is 0.219 e. The molecule has 0 aromatic carbocycles. The first kappa shape index (κ1) is 14.8. The first-order chi connectivity index (χ1) is 6.50. The summed E-state index contributed by atoms with van der Waals surface area (Å²) < 4.78 is 24.6. The molecule has 0 aromatic heterocycles. The van der Waals surface area contributed by atoms with Crippen LogP contribution in [0.2, 0.25) is 0 Å². The van der Waals surface area contributed by atoms with Crippen molar-refractivity contribution in [2.45, 2.75) is 44.9 Å². The van der Waals surface area contributed by atoms with Crippen molar-refractivity contribution in [1.29, 1.82) is 0 Å². The van der Waals surface area contributed by atoms with Crippen molar-refractivity contribution in [1.82, 2.24) is 4.31 Å². The zero-order valence-corrected chi connectivity index (χ0v) is 11.6. The zero-order valence-electron chi connectivity index (χ0n) is 9.94. The van der Waals surface area contributed by atoms with E-state index in [0.29, 0.717) is 11.4 Å². The first-order valence-corrected chi connectivity index (χ1v) is 6.61. The van der Waals surface area contributed by atoms with Gasteiger partial charge in [-0.15, -0.1) is 0 Å². The summed E-state index contributed by atoms with van der Waals surface area (Å²) >= 11 is 4.76. The molecule has 0 radical (unpaired) electrons. The molecule has 0 heterocycles. The van der Waals surface area contributed by atoms with Gasteiger partial charge in [0.05, 0.1) is 9.74 Å². The lowest BCUT2D eigenvalue weighted by molar-refractivity contribution is 0.382. The molecule has 0 aromatic rings. The lowest BCUT2D eigenvalue weighted by Gasteiger charge is -2.31. The SMILES string of the molecule is CC(CC(N)=S)N(C)S(=O)(=O)C(C)(C)C. The molecule has 2 N–H and O–H groups in total. The third-order valence-electron chi connectivity index (χ3n) is 2.27. The summed E-state index contributed by atoms with van der Waals surface area (Å²) in [5.41, 5.74) is 5.39. The van der Waals surface area contributed by atoms with Crippen LogP contribution in [0.3, 0.4) is 0 Å². The largest absolute Gasteiger partial charge is 0.393 e. The van der Waals surface area contributed by atoms with Gasteiger partial charge >= 0.3 is 0 Å². The number of rotatable bonds is 4. The molecule has 0 bridgehead atoms. The highest BCUT2D eigenvalue weighted by molar-refractivity contribution is 7.90. The summed E-state index contributed by atoms with van der Waals surface area (Å²) in [5.74, 6) is 0. The van der Waals surface area contributed by atoms with Crippen LogP contribution < -0.4 is 5.73 Å². The lowest BCUT2D eigenvalue weighted by atomic mass is 10.2. The number of sulfonamides is 1. The van der Waals surface area contributed by atoms with Crippen molar-refractivity contribution >= 4 is 27.2 Å². The van der Waals surface area contributed by atoms with Gasteiger partial charge in [0.2, 0.25) is 10.0 Å². The van der Waals surface area contributed by atoms with Crippen LogP contribution >= 0.6 is 12.2 Å². The number of hydrogen-bond acceptors (Lipinski definition) is 3. The quantitative estimate of drug-likeness (QED) is 0.761. The molecule has 0 spiro atoms. The summed E-state index contributed by atoms with van der Waals surface area (Å²) in [7, 11) is -1.74. The van der Waals surface area contributed by atoms with Crippen molar-refractivity contribution in [3.8, 4) is 0 Å². The van der Waals surface area contributed by atoms with Gasteiger partial charge in [-0.2, -0.15) is 0 Å². The van der Waals surface area contributed by atoms with Gasteiger partial charge in [-0.3, -0.25) is 0 Å². The molecule has 0 saturated carbocycles. The second-order valence-corrected chi connectivity index (χ2v) is 7.93. The Kier molecular flexibility index (Phi) is 4.69. The molecule has 0 rings (SSSR count). The van der Waals surface area contributed by atoms with Gasteiger partial charge in [-0.25, -0.2) is 12.7 Å². The van der Waals surface area contributed by atoms with E-state index >= 15 is 0 Å². The highest BCUT2D eigenvalue weighted by atomic mass is 32.2. The molecule has 0 amide bonds. The predicted octanol–water partition coefficient (Wildman–Crippen LogP) is 1.11. The van der Waals surface area contributed by atoms with E-state index in [1.165, 1.54) is 4.31 Å². The fourth-order valence-corrected chi connectivity index (χ4v) is 2.74. The summed E-state index contributed by atoms with van der Waals surface area (Å²) in [4.78, 5) is 0.332. The Balaban J connectivity index is 4.87. The van der Waals surface area contributed by atoms with E-state index in [0.717, 1.165) is 0 Å². The first-order valence-electron chi connectivity index (χ1n) is 4.76. The summed E-state index contributed by atoms with van der Waals surface area (Å²) in [6, 6.07) is -0.202. The van der Waals surface area contributed by atoms with E-state index in [-0.39, 0.29) is 6.04 Å². The second-order valence-electron chi connectivity index (χ2n) is 4.65. The van der Waals surface area contributed by atoms with E-state index in [2.05, 4.69) is 0 Å². The van der Waals surface area contributed by atoms with E-state index in [1.54, 1.807) is 34.7 Å². The molecule has 0 aliphatic carbocycles. The van der Waals surface area contributed by atoms with Gasteiger partial charge in [-0.1, -0.05) is 12.2 Å². The molecule has 90 valence electrons. The van der Waals surface area contributed by atoms with E-state index in [1.807, 2.05) is 0 Å². The maximum absolute atomic E-state index is 12.0. The zero-order chi connectivity index (χ0) is 12.4. The summed E-state index contributed by atoms with van der Waals surface area (Å²) in [6.45, 7) is 6.81. The van der Waals surface area contributed by atoms with Gasteiger partial charge in [0, 0.05) is 19.5 Å². The molecule has 1 atom stereocenters. The Hall–Kier alpha value is -0.200. The number of thiocarbonyl (C=S) groups is 1. The van der Waals surface area contributed by atoms with Crippen LogP contribution in [-0.4, -0.2) is 35.5 Å². The minimum Gasteiger partial charge on any atom is -0.393 e. The lowest BCUT2D eigenvalue weighted by Crippen LogP contribution is -2.45. The van der Waals surface area contributed by atoms with Crippen molar-refractivity contribution in [2.24, 2.45) is 5.73 Å². The predicted molar refractivity (Wildman–Crippen MR) is 67.3 cm³/mol. The molecular formula is C9H20N2O2S2. The fourth-order valence-electron chi connectivity index (χ4n) is 1.09. The molecule has 0 aliphatic rings. The number of nitrogens with zero attached hydrogens (tertiary/aromatic N) is 1. The highest BCUT2D eigenvalue weighted by Crippen LogP contribution is 2.21. The average molecular weight is 252 g/mol. The topological polar surface area (TPSA) is 63.4 Å². The average Bonchev–Trinajstić information content (AvgIpc) is 1.99. The third-order valence-corrected chi connectivity index (χ3v) is 5.10. The molecule has 1 unspecified atom stereocenters. The second kappa shape index (κ2) is 4.76. The molecule has 6 heteroatoms. The normalized spacial score (nSPS) is 15.3.